The molecule has 142 valence electrons. The minimum atomic E-state index is -4.50. The Morgan fingerprint density at radius 2 is 2.00 bits per heavy atom. The lowest BCUT2D eigenvalue weighted by molar-refractivity contribution is -0.140. The molecule has 0 radical (unpaired) electrons. The topological polar surface area (TPSA) is 70.1 Å². The number of rotatable bonds is 2. The number of fused-ring (bicyclic) bond motifs is 1. The summed E-state index contributed by atoms with van der Waals surface area (Å²) in [5, 5.41) is 3.25. The molecule has 1 fully saturated rings. The molecule has 2 N–H and O–H groups in total. The van der Waals surface area contributed by atoms with Crippen molar-refractivity contribution in [1.29, 1.82) is 0 Å². The summed E-state index contributed by atoms with van der Waals surface area (Å²) in [7, 11) is 0. The number of imidazole rings is 1. The Hall–Kier alpha value is -2.29. The van der Waals surface area contributed by atoms with Crippen molar-refractivity contribution in [2.75, 3.05) is 19.6 Å². The van der Waals surface area contributed by atoms with Crippen molar-refractivity contribution in [1.82, 2.24) is 19.8 Å². The molecule has 1 aliphatic heterocycles. The normalized spacial score (nSPS) is 18.1. The number of aromatic nitrogens is 2. The highest BCUT2D eigenvalue weighted by Crippen LogP contribution is 2.24. The first-order valence-corrected chi connectivity index (χ1v) is 8.40. The number of halogens is 3. The van der Waals surface area contributed by atoms with Crippen molar-refractivity contribution >= 4 is 16.9 Å². The van der Waals surface area contributed by atoms with Crippen molar-refractivity contribution in [3.63, 3.8) is 0 Å². The largest absolute Gasteiger partial charge is 0.406 e. The highest BCUT2D eigenvalue weighted by atomic mass is 19.4. The van der Waals surface area contributed by atoms with Gasteiger partial charge in [-0.1, -0.05) is 0 Å². The standard InChI is InChI=1S/C17H21F3N4O2/c1-16(2)5-6-21-7-8-24(16)14(25)11-3-4-13-12(9-11)22-15(26)23(13)10-17(18,19)20/h3-4,9,21H,5-8,10H2,1-2H3,(H,22,26). The summed E-state index contributed by atoms with van der Waals surface area (Å²) in [4.78, 5) is 29.0. The average molecular weight is 370 g/mol. The van der Waals surface area contributed by atoms with Gasteiger partial charge in [0.15, 0.2) is 0 Å². The second-order valence-electron chi connectivity index (χ2n) is 7.13. The summed E-state index contributed by atoms with van der Waals surface area (Å²) in [6.07, 6.45) is -3.71. The van der Waals surface area contributed by atoms with Crippen LogP contribution in [0.5, 0.6) is 0 Å². The van der Waals surface area contributed by atoms with Crippen LogP contribution in [-0.2, 0) is 6.54 Å². The lowest BCUT2D eigenvalue weighted by atomic mass is 9.97. The number of nitrogens with one attached hydrogen (secondary N) is 2. The van der Waals surface area contributed by atoms with Crippen LogP contribution < -0.4 is 11.0 Å². The summed E-state index contributed by atoms with van der Waals surface area (Å²) in [6, 6.07) is 4.30. The van der Waals surface area contributed by atoms with Crippen LogP contribution in [0, 0.1) is 0 Å². The molecule has 9 heteroatoms. The van der Waals surface area contributed by atoms with Crippen LogP contribution in [0.1, 0.15) is 30.6 Å². The molecule has 2 aromatic rings. The number of carbonyl (C=O) groups excluding carboxylic acids is 1. The molecule has 0 bridgehead atoms. The molecule has 1 aromatic heterocycles. The van der Waals surface area contributed by atoms with E-state index in [0.29, 0.717) is 23.2 Å². The van der Waals surface area contributed by atoms with Crippen molar-refractivity contribution in [3.8, 4) is 0 Å². The van der Waals surface area contributed by atoms with Gasteiger partial charge < -0.3 is 15.2 Å². The molecule has 0 aliphatic carbocycles. The number of hydrogen-bond acceptors (Lipinski definition) is 3. The number of benzene rings is 1. The number of alkyl halides is 3. The summed E-state index contributed by atoms with van der Waals surface area (Å²) in [6.45, 7) is 4.62. The van der Waals surface area contributed by atoms with E-state index in [-0.39, 0.29) is 22.5 Å². The third kappa shape index (κ3) is 3.62. The van der Waals surface area contributed by atoms with E-state index in [9.17, 15) is 22.8 Å². The molecule has 6 nitrogen and oxygen atoms in total. The fraction of sp³-hybridized carbons (Fsp3) is 0.529. The Bertz CT molecular complexity index is 882. The van der Waals surface area contributed by atoms with Crippen molar-refractivity contribution < 1.29 is 18.0 Å². The lowest BCUT2D eigenvalue weighted by Crippen LogP contribution is -2.48. The molecule has 0 spiro atoms. The van der Waals surface area contributed by atoms with E-state index in [1.165, 1.54) is 18.2 Å². The van der Waals surface area contributed by atoms with E-state index < -0.39 is 18.4 Å². The van der Waals surface area contributed by atoms with Crippen molar-refractivity contribution in [2.45, 2.75) is 38.5 Å². The van der Waals surface area contributed by atoms with Gasteiger partial charge in [-0.25, -0.2) is 4.79 Å². The zero-order chi connectivity index (χ0) is 19.1. The predicted octanol–water partition coefficient (Wildman–Crippen LogP) is 2.11. The second-order valence-corrected chi connectivity index (χ2v) is 7.13. The van der Waals surface area contributed by atoms with Crippen molar-refractivity contribution in [2.24, 2.45) is 0 Å². The van der Waals surface area contributed by atoms with Crippen LogP contribution in [0.3, 0.4) is 0 Å². The quantitative estimate of drug-likeness (QED) is 0.851. The van der Waals surface area contributed by atoms with Crippen LogP contribution in [0.25, 0.3) is 11.0 Å². The predicted molar refractivity (Wildman–Crippen MR) is 91.2 cm³/mol. The van der Waals surface area contributed by atoms with E-state index in [0.717, 1.165) is 13.0 Å². The summed E-state index contributed by atoms with van der Waals surface area (Å²) < 4.78 is 38.6. The average Bonchev–Trinajstić information content (AvgIpc) is 2.71. The minimum absolute atomic E-state index is 0.126. The van der Waals surface area contributed by atoms with Gasteiger partial charge >= 0.3 is 11.9 Å². The number of carbonyl (C=O) groups is 1. The Morgan fingerprint density at radius 1 is 1.27 bits per heavy atom. The van der Waals surface area contributed by atoms with Gasteiger partial charge in [0.1, 0.15) is 6.54 Å². The molecule has 1 saturated heterocycles. The van der Waals surface area contributed by atoms with Gasteiger partial charge in [0.2, 0.25) is 0 Å². The first-order valence-electron chi connectivity index (χ1n) is 8.40. The molecule has 0 atom stereocenters. The Labute approximate surface area is 148 Å². The monoisotopic (exact) mass is 370 g/mol. The Morgan fingerprint density at radius 3 is 2.69 bits per heavy atom. The number of amides is 1. The molecule has 1 aliphatic rings. The van der Waals surface area contributed by atoms with E-state index >= 15 is 0 Å². The second kappa shape index (κ2) is 6.46. The van der Waals surface area contributed by atoms with Crippen LogP contribution in [0.2, 0.25) is 0 Å². The van der Waals surface area contributed by atoms with Crippen LogP contribution >= 0.6 is 0 Å². The maximum atomic E-state index is 13.0. The third-order valence-electron chi connectivity index (χ3n) is 4.76. The molecule has 1 aromatic carbocycles. The highest BCUT2D eigenvalue weighted by Gasteiger charge is 2.33. The highest BCUT2D eigenvalue weighted by molar-refractivity contribution is 5.97. The van der Waals surface area contributed by atoms with Crippen LogP contribution in [0.4, 0.5) is 13.2 Å². The van der Waals surface area contributed by atoms with Gasteiger partial charge in [-0.2, -0.15) is 13.2 Å². The molecule has 1 amide bonds. The lowest BCUT2D eigenvalue weighted by Gasteiger charge is -2.37. The SMILES string of the molecule is CC1(C)CCNCCN1C(=O)c1ccc2c(c1)[nH]c(=O)n2CC(F)(F)F. The zero-order valence-corrected chi connectivity index (χ0v) is 14.6. The Kier molecular flexibility index (Phi) is 4.60. The fourth-order valence-electron chi connectivity index (χ4n) is 3.31. The van der Waals surface area contributed by atoms with Crippen molar-refractivity contribution in [3.05, 3.63) is 34.2 Å². The van der Waals surface area contributed by atoms with Gasteiger partial charge in [-0.3, -0.25) is 9.36 Å². The molecular formula is C17H21F3N4O2. The third-order valence-corrected chi connectivity index (χ3v) is 4.76. The van der Waals surface area contributed by atoms with Gasteiger partial charge in [-0.05, 0) is 45.0 Å². The first kappa shape index (κ1) is 18.5. The maximum Gasteiger partial charge on any atom is 0.406 e. The number of H-pyrrole nitrogens is 1. The van der Waals surface area contributed by atoms with Crippen LogP contribution in [0.15, 0.2) is 23.0 Å². The molecule has 0 saturated carbocycles. The number of hydrogen-bond donors (Lipinski definition) is 2. The van der Waals surface area contributed by atoms with Gasteiger partial charge in [0, 0.05) is 24.2 Å². The maximum absolute atomic E-state index is 13.0. The zero-order valence-electron chi connectivity index (χ0n) is 14.6. The van der Waals surface area contributed by atoms with Gasteiger partial charge in [0.25, 0.3) is 5.91 Å². The van der Waals surface area contributed by atoms with E-state index in [1.54, 1.807) is 4.90 Å². The number of aromatic amines is 1. The fourth-order valence-corrected chi connectivity index (χ4v) is 3.31. The number of nitrogens with zero attached hydrogens (tertiary/aromatic N) is 2. The first-order chi connectivity index (χ1) is 12.1. The summed E-state index contributed by atoms with van der Waals surface area (Å²) in [5.74, 6) is -0.204. The molecule has 3 rings (SSSR count). The van der Waals surface area contributed by atoms with Gasteiger partial charge in [-0.15, -0.1) is 0 Å². The molecular weight excluding hydrogens is 349 g/mol. The van der Waals surface area contributed by atoms with Crippen LogP contribution in [-0.4, -0.2) is 51.7 Å². The molecule has 26 heavy (non-hydrogen) atoms. The van der Waals surface area contributed by atoms with E-state index in [1.807, 2.05) is 13.8 Å². The summed E-state index contributed by atoms with van der Waals surface area (Å²) >= 11 is 0. The summed E-state index contributed by atoms with van der Waals surface area (Å²) in [5.41, 5.74) is -0.504. The van der Waals surface area contributed by atoms with E-state index in [2.05, 4.69) is 10.3 Å². The van der Waals surface area contributed by atoms with Gasteiger partial charge in [0.05, 0.1) is 11.0 Å². The molecule has 2 heterocycles. The van der Waals surface area contributed by atoms with E-state index in [4.69, 9.17) is 0 Å². The smallest absolute Gasteiger partial charge is 0.332 e. The molecule has 0 unspecified atom stereocenters. The Balaban J connectivity index is 1.96. The minimum Gasteiger partial charge on any atom is -0.332 e.